The molecule has 1 aliphatic rings. The smallest absolute Gasteiger partial charge is 0.305 e. The van der Waals surface area contributed by atoms with Gasteiger partial charge in [0.1, 0.15) is 9.07 Å². The summed E-state index contributed by atoms with van der Waals surface area (Å²) in [5.41, 5.74) is 0. The number of nitrogens with one attached hydrogen (secondary N) is 1. The second-order valence-electron chi connectivity index (χ2n) is 4.39. The maximum Gasteiger partial charge on any atom is 0.305 e. The van der Waals surface area contributed by atoms with E-state index in [0.717, 1.165) is 22.6 Å². The van der Waals surface area contributed by atoms with Gasteiger partial charge in [-0.05, 0) is 43.9 Å². The van der Waals surface area contributed by atoms with Gasteiger partial charge in [-0.3, -0.25) is 4.79 Å². The number of aromatic nitrogens is 1. The maximum absolute atomic E-state index is 11.5. The number of nitrogens with zero attached hydrogens (tertiary/aromatic N) is 1. The third kappa shape index (κ3) is 3.50. The van der Waals surface area contributed by atoms with Crippen molar-refractivity contribution in [3.05, 3.63) is 8.83 Å². The molecule has 4 nitrogen and oxygen atoms in total. The van der Waals surface area contributed by atoms with Gasteiger partial charge in [-0.15, -0.1) is 11.3 Å². The molecular formula is C12H17IN2O2S3. The number of carbonyl (C=O) groups is 1. The van der Waals surface area contributed by atoms with Crippen molar-refractivity contribution in [2.24, 2.45) is 0 Å². The van der Waals surface area contributed by atoms with Crippen LogP contribution in [0.25, 0.3) is 0 Å². The molecule has 0 aliphatic carbocycles. The van der Waals surface area contributed by atoms with Crippen LogP contribution < -0.4 is 4.72 Å². The monoisotopic (exact) mass is 444 g/mol. The van der Waals surface area contributed by atoms with Crippen LogP contribution in [-0.2, 0) is 9.53 Å². The average molecular weight is 444 g/mol. The zero-order chi connectivity index (χ0) is 14.7. The topological polar surface area (TPSA) is 43.3 Å². The van der Waals surface area contributed by atoms with Crippen molar-refractivity contribution in [3.63, 3.8) is 0 Å². The first-order valence-corrected chi connectivity index (χ1v) is 9.90. The third-order valence-corrected chi connectivity index (χ3v) is 7.34. The van der Waals surface area contributed by atoms with Crippen molar-refractivity contribution in [2.75, 3.05) is 11.3 Å². The number of carbonyl (C=O) groups excluding carboxylic acids is 1. The highest BCUT2D eigenvalue weighted by Crippen LogP contribution is 2.50. The van der Waals surface area contributed by atoms with Crippen LogP contribution in [0, 0.1) is 3.95 Å². The van der Waals surface area contributed by atoms with Crippen molar-refractivity contribution >= 4 is 69.9 Å². The van der Waals surface area contributed by atoms with E-state index < -0.39 is 0 Å². The minimum atomic E-state index is -0.126. The molecule has 2 unspecified atom stereocenters. The Labute approximate surface area is 145 Å². The standard InChI is InChI=1S/C12H17IN2O2S3/c1-3-7(5-6-8(16)17-4-2)15-11-9(19-12(15)18)10(13)20-14-11/h7,10,14H,3-6H2,1-2H3. The number of halogens is 1. The molecule has 0 saturated heterocycles. The van der Waals surface area contributed by atoms with Gasteiger partial charge >= 0.3 is 5.97 Å². The van der Waals surface area contributed by atoms with Crippen molar-refractivity contribution in [3.8, 4) is 0 Å². The van der Waals surface area contributed by atoms with Gasteiger partial charge in [0, 0.05) is 12.5 Å². The van der Waals surface area contributed by atoms with Gasteiger partial charge in [0.25, 0.3) is 0 Å². The second-order valence-corrected chi connectivity index (χ2v) is 9.07. The molecule has 0 spiro atoms. The molecule has 0 bridgehead atoms. The summed E-state index contributed by atoms with van der Waals surface area (Å²) in [6.07, 6.45) is 2.17. The Hall–Kier alpha value is 0.200. The summed E-state index contributed by atoms with van der Waals surface area (Å²) < 4.78 is 11.9. The molecule has 0 saturated carbocycles. The van der Waals surface area contributed by atoms with Crippen LogP contribution in [-0.4, -0.2) is 17.1 Å². The van der Waals surface area contributed by atoms with Crippen LogP contribution in [0.5, 0.6) is 0 Å². The fourth-order valence-electron chi connectivity index (χ4n) is 2.18. The number of ether oxygens (including phenoxy) is 1. The Bertz CT molecular complexity index is 543. The molecule has 112 valence electrons. The van der Waals surface area contributed by atoms with Gasteiger partial charge in [0.15, 0.2) is 3.95 Å². The van der Waals surface area contributed by atoms with E-state index in [-0.39, 0.29) is 12.0 Å². The van der Waals surface area contributed by atoms with Gasteiger partial charge in [0.2, 0.25) is 0 Å². The minimum Gasteiger partial charge on any atom is -0.466 e. The number of fused-ring (bicyclic) bond motifs is 1. The summed E-state index contributed by atoms with van der Waals surface area (Å²) in [5.74, 6) is 0.999. The van der Waals surface area contributed by atoms with Crippen molar-refractivity contribution in [1.82, 2.24) is 4.57 Å². The SMILES string of the molecule is CCOC(=O)CCC(CC)n1c2c(sc1=S)C(I)SN2. The second kappa shape index (κ2) is 7.46. The van der Waals surface area contributed by atoms with E-state index in [1.165, 1.54) is 4.88 Å². The highest BCUT2D eigenvalue weighted by molar-refractivity contribution is 14.1. The van der Waals surface area contributed by atoms with Crippen molar-refractivity contribution in [1.29, 1.82) is 0 Å². The maximum atomic E-state index is 11.5. The molecule has 2 heterocycles. The van der Waals surface area contributed by atoms with Crippen molar-refractivity contribution < 1.29 is 9.53 Å². The van der Waals surface area contributed by atoms with Gasteiger partial charge < -0.3 is 14.0 Å². The van der Waals surface area contributed by atoms with E-state index >= 15 is 0 Å². The Morgan fingerprint density at radius 1 is 1.60 bits per heavy atom. The van der Waals surface area contributed by atoms with Gasteiger partial charge in [-0.2, -0.15) is 0 Å². The molecular weight excluding hydrogens is 427 g/mol. The Balaban J connectivity index is 2.14. The number of rotatable bonds is 6. The van der Waals surface area contributed by atoms with Crippen molar-refractivity contribution in [2.45, 2.75) is 42.4 Å². The molecule has 0 fully saturated rings. The zero-order valence-electron chi connectivity index (χ0n) is 11.3. The zero-order valence-corrected chi connectivity index (χ0v) is 16.0. The molecule has 1 aromatic rings. The number of hydrogen-bond acceptors (Lipinski definition) is 6. The number of thiazole rings is 1. The fourth-order valence-corrected chi connectivity index (χ4v) is 5.61. The van der Waals surface area contributed by atoms with Gasteiger partial charge in [-0.1, -0.05) is 29.5 Å². The molecule has 20 heavy (non-hydrogen) atoms. The molecule has 0 amide bonds. The lowest BCUT2D eigenvalue weighted by atomic mass is 10.1. The van der Waals surface area contributed by atoms with E-state index in [2.05, 4.69) is 38.8 Å². The Kier molecular flexibility index (Phi) is 6.18. The normalized spacial score (nSPS) is 18.4. The predicted molar refractivity (Wildman–Crippen MR) is 96.3 cm³/mol. The lowest BCUT2D eigenvalue weighted by Gasteiger charge is -2.18. The average Bonchev–Trinajstić information content (AvgIpc) is 2.92. The molecule has 2 atom stereocenters. The fraction of sp³-hybridized carbons (Fsp3) is 0.667. The van der Waals surface area contributed by atoms with Gasteiger partial charge in [-0.25, -0.2) is 0 Å². The van der Waals surface area contributed by atoms with Gasteiger partial charge in [0.05, 0.1) is 11.5 Å². The first kappa shape index (κ1) is 16.6. The van der Waals surface area contributed by atoms with Crippen LogP contribution in [0.15, 0.2) is 0 Å². The summed E-state index contributed by atoms with van der Waals surface area (Å²) in [6.45, 7) is 4.40. The van der Waals surface area contributed by atoms with Crippen LogP contribution in [0.3, 0.4) is 0 Å². The summed E-state index contributed by atoms with van der Waals surface area (Å²) in [7, 11) is 0. The highest BCUT2D eigenvalue weighted by Gasteiger charge is 2.29. The van der Waals surface area contributed by atoms with E-state index in [0.29, 0.717) is 16.3 Å². The molecule has 2 rings (SSSR count). The summed E-state index contributed by atoms with van der Waals surface area (Å²) in [4.78, 5) is 12.8. The van der Waals surface area contributed by atoms with Crippen LogP contribution in [0.1, 0.15) is 47.3 Å². The molecule has 1 aromatic heterocycles. The van der Waals surface area contributed by atoms with E-state index in [9.17, 15) is 4.79 Å². The minimum absolute atomic E-state index is 0.126. The number of alkyl halides is 1. The highest BCUT2D eigenvalue weighted by atomic mass is 127. The first-order chi connectivity index (χ1) is 9.58. The van der Waals surface area contributed by atoms with E-state index in [1.807, 2.05) is 6.92 Å². The van der Waals surface area contributed by atoms with E-state index in [4.69, 9.17) is 17.0 Å². The first-order valence-electron chi connectivity index (χ1n) is 6.55. The van der Waals surface area contributed by atoms with Crippen LogP contribution in [0.2, 0.25) is 0 Å². The summed E-state index contributed by atoms with van der Waals surface area (Å²) in [6, 6.07) is 0.252. The van der Waals surface area contributed by atoms with Crippen LogP contribution in [0.4, 0.5) is 5.82 Å². The largest absolute Gasteiger partial charge is 0.466 e. The van der Waals surface area contributed by atoms with E-state index in [1.54, 1.807) is 23.3 Å². The number of anilines is 1. The third-order valence-electron chi connectivity index (χ3n) is 3.16. The Morgan fingerprint density at radius 3 is 3.00 bits per heavy atom. The molecule has 0 aromatic carbocycles. The lowest BCUT2D eigenvalue weighted by Crippen LogP contribution is -2.13. The number of esters is 1. The molecule has 8 heteroatoms. The lowest BCUT2D eigenvalue weighted by molar-refractivity contribution is -0.143. The Morgan fingerprint density at radius 2 is 2.35 bits per heavy atom. The summed E-state index contributed by atoms with van der Waals surface area (Å²) in [5, 5.41) is 0. The number of hydrogen-bond donors (Lipinski definition) is 1. The quantitative estimate of drug-likeness (QED) is 0.218. The molecule has 1 aliphatic heterocycles. The molecule has 0 radical (unpaired) electrons. The predicted octanol–water partition coefficient (Wildman–Crippen LogP) is 5.08. The van der Waals surface area contributed by atoms with Crippen LogP contribution >= 0.6 is 58.1 Å². The summed E-state index contributed by atoms with van der Waals surface area (Å²) >= 11 is 11.3. The molecule has 1 N–H and O–H groups in total.